The van der Waals surface area contributed by atoms with Crippen LogP contribution >= 0.6 is 8.07 Å². The molecular formula is C11H24NP. The first-order valence-electron chi connectivity index (χ1n) is 5.23. The van der Waals surface area contributed by atoms with E-state index >= 15 is 0 Å². The molecule has 78 valence electrons. The van der Waals surface area contributed by atoms with Crippen molar-refractivity contribution in [2.45, 2.75) is 46.7 Å². The van der Waals surface area contributed by atoms with Gasteiger partial charge in [-0.3, -0.25) is 4.67 Å². The van der Waals surface area contributed by atoms with Gasteiger partial charge in [-0.2, -0.15) is 0 Å². The monoisotopic (exact) mass is 201 g/mol. The van der Waals surface area contributed by atoms with Gasteiger partial charge in [-0.1, -0.05) is 41.5 Å². The van der Waals surface area contributed by atoms with Crippen molar-refractivity contribution in [2.24, 2.45) is 5.41 Å². The molecule has 0 amide bonds. The SMILES string of the molecule is CC(C)(C)CN1CCP1C(C)(C)C. The minimum atomic E-state index is 0.167. The Morgan fingerprint density at radius 3 is 1.85 bits per heavy atom. The molecule has 1 heterocycles. The predicted octanol–water partition coefficient (Wildman–Crippen LogP) is 3.54. The van der Waals surface area contributed by atoms with E-state index in [1.165, 1.54) is 19.3 Å². The molecule has 0 spiro atoms. The molecule has 1 aliphatic rings. The van der Waals surface area contributed by atoms with Crippen molar-refractivity contribution < 1.29 is 0 Å². The minimum Gasteiger partial charge on any atom is -0.281 e. The normalized spacial score (nSPS) is 25.8. The van der Waals surface area contributed by atoms with Gasteiger partial charge in [-0.15, -0.1) is 0 Å². The van der Waals surface area contributed by atoms with Gasteiger partial charge < -0.3 is 0 Å². The molecule has 0 aromatic heterocycles. The summed E-state index contributed by atoms with van der Waals surface area (Å²) in [6.45, 7) is 16.8. The van der Waals surface area contributed by atoms with Crippen molar-refractivity contribution in [3.8, 4) is 0 Å². The summed E-state index contributed by atoms with van der Waals surface area (Å²) < 4.78 is 2.70. The predicted molar refractivity (Wildman–Crippen MR) is 62.6 cm³/mol. The summed E-state index contributed by atoms with van der Waals surface area (Å²) in [5.74, 6) is 0. The lowest BCUT2D eigenvalue weighted by Gasteiger charge is -2.50. The second-order valence-electron chi connectivity index (χ2n) is 6.24. The van der Waals surface area contributed by atoms with Crippen LogP contribution in [0.2, 0.25) is 0 Å². The Labute approximate surface area is 84.7 Å². The summed E-state index contributed by atoms with van der Waals surface area (Å²) in [6.07, 6.45) is 1.45. The van der Waals surface area contributed by atoms with Gasteiger partial charge in [0.25, 0.3) is 0 Å². The molecule has 1 fully saturated rings. The van der Waals surface area contributed by atoms with Crippen molar-refractivity contribution in [1.29, 1.82) is 0 Å². The van der Waals surface area contributed by atoms with Crippen LogP contribution in [0.15, 0.2) is 0 Å². The highest BCUT2D eigenvalue weighted by Gasteiger charge is 2.38. The highest BCUT2D eigenvalue weighted by atomic mass is 31.1. The second-order valence-corrected chi connectivity index (χ2v) is 9.40. The molecule has 1 saturated heterocycles. The van der Waals surface area contributed by atoms with Gasteiger partial charge in [-0.25, -0.2) is 0 Å². The van der Waals surface area contributed by atoms with Crippen molar-refractivity contribution in [2.75, 3.05) is 19.3 Å². The molecule has 0 N–H and O–H groups in total. The molecule has 1 nitrogen and oxygen atoms in total. The van der Waals surface area contributed by atoms with Crippen molar-refractivity contribution in [3.05, 3.63) is 0 Å². The third-order valence-corrected chi connectivity index (χ3v) is 5.54. The van der Waals surface area contributed by atoms with Gasteiger partial charge >= 0.3 is 0 Å². The smallest absolute Gasteiger partial charge is 0.00728 e. The fourth-order valence-electron chi connectivity index (χ4n) is 1.81. The molecule has 1 atom stereocenters. The molecule has 0 aromatic carbocycles. The van der Waals surface area contributed by atoms with Crippen molar-refractivity contribution in [3.63, 3.8) is 0 Å². The van der Waals surface area contributed by atoms with E-state index in [-0.39, 0.29) is 8.07 Å². The summed E-state index contributed by atoms with van der Waals surface area (Å²) in [5, 5.41) is 0.527. The lowest BCUT2D eigenvalue weighted by Crippen LogP contribution is -2.44. The minimum absolute atomic E-state index is 0.167. The Kier molecular flexibility index (Phi) is 3.10. The largest absolute Gasteiger partial charge is 0.281 e. The van der Waals surface area contributed by atoms with Gasteiger partial charge in [0, 0.05) is 13.1 Å². The van der Waals surface area contributed by atoms with Crippen LogP contribution in [0.25, 0.3) is 0 Å². The van der Waals surface area contributed by atoms with Crippen LogP contribution in [-0.4, -0.2) is 29.1 Å². The molecule has 0 aromatic rings. The fourth-order valence-corrected chi connectivity index (χ4v) is 4.61. The highest BCUT2D eigenvalue weighted by Crippen LogP contribution is 2.58. The summed E-state index contributed by atoms with van der Waals surface area (Å²) in [5.41, 5.74) is 0.465. The average molecular weight is 201 g/mol. The summed E-state index contributed by atoms with van der Waals surface area (Å²) in [6, 6.07) is 0. The average Bonchev–Trinajstić information content (AvgIpc) is 1.73. The Hall–Kier alpha value is 0.390. The Morgan fingerprint density at radius 2 is 1.62 bits per heavy atom. The maximum atomic E-state index is 2.70. The standard InChI is InChI=1S/C11H24NP/c1-10(2,3)9-12-7-8-13(12)11(4,5)6/h7-9H2,1-6H3. The summed E-state index contributed by atoms with van der Waals surface area (Å²) in [4.78, 5) is 0. The first kappa shape index (κ1) is 11.5. The van der Waals surface area contributed by atoms with Gasteiger partial charge in [0.15, 0.2) is 0 Å². The lowest BCUT2D eigenvalue weighted by atomic mass is 9.97. The quantitative estimate of drug-likeness (QED) is 0.586. The first-order valence-corrected chi connectivity index (χ1v) is 6.71. The zero-order valence-electron chi connectivity index (χ0n) is 10.0. The maximum Gasteiger partial charge on any atom is 0.00728 e. The topological polar surface area (TPSA) is 3.24 Å². The van der Waals surface area contributed by atoms with Crippen LogP contribution in [0.1, 0.15) is 41.5 Å². The zero-order chi connectivity index (χ0) is 10.3. The lowest BCUT2D eigenvalue weighted by molar-refractivity contribution is 0.278. The molecule has 1 unspecified atom stereocenters. The van der Waals surface area contributed by atoms with Gasteiger partial charge in [0.2, 0.25) is 0 Å². The third kappa shape index (κ3) is 3.22. The molecule has 2 heteroatoms. The molecular weight excluding hydrogens is 177 g/mol. The molecule has 0 bridgehead atoms. The molecule has 1 rings (SSSR count). The number of hydrogen-bond donors (Lipinski definition) is 0. The highest BCUT2D eigenvalue weighted by molar-refractivity contribution is 7.58. The van der Waals surface area contributed by atoms with E-state index in [1.54, 1.807) is 0 Å². The number of rotatable bonds is 1. The van der Waals surface area contributed by atoms with Crippen LogP contribution in [0.5, 0.6) is 0 Å². The molecule has 0 aliphatic carbocycles. The fraction of sp³-hybridized carbons (Fsp3) is 1.00. The van der Waals surface area contributed by atoms with Crippen LogP contribution < -0.4 is 0 Å². The van der Waals surface area contributed by atoms with E-state index in [9.17, 15) is 0 Å². The van der Waals surface area contributed by atoms with E-state index in [2.05, 4.69) is 46.2 Å². The van der Waals surface area contributed by atoms with Crippen LogP contribution in [0.4, 0.5) is 0 Å². The molecule has 0 saturated carbocycles. The first-order chi connectivity index (χ1) is 5.70. The van der Waals surface area contributed by atoms with Gasteiger partial charge in [-0.05, 0) is 24.8 Å². The summed E-state index contributed by atoms with van der Waals surface area (Å²) >= 11 is 0. The summed E-state index contributed by atoms with van der Waals surface area (Å²) in [7, 11) is 0.167. The van der Waals surface area contributed by atoms with E-state index in [0.717, 1.165) is 0 Å². The van der Waals surface area contributed by atoms with Crippen molar-refractivity contribution >= 4 is 8.07 Å². The van der Waals surface area contributed by atoms with E-state index in [1.807, 2.05) is 0 Å². The van der Waals surface area contributed by atoms with E-state index < -0.39 is 0 Å². The second kappa shape index (κ2) is 3.51. The molecule has 1 aliphatic heterocycles. The third-order valence-electron chi connectivity index (χ3n) is 2.34. The Morgan fingerprint density at radius 1 is 1.08 bits per heavy atom. The zero-order valence-corrected chi connectivity index (χ0v) is 10.9. The Bertz CT molecular complexity index is 176. The maximum absolute atomic E-state index is 2.70. The molecule has 0 radical (unpaired) electrons. The number of nitrogens with zero attached hydrogens (tertiary/aromatic N) is 1. The van der Waals surface area contributed by atoms with Gasteiger partial charge in [0.1, 0.15) is 0 Å². The van der Waals surface area contributed by atoms with Crippen LogP contribution in [0, 0.1) is 5.41 Å². The van der Waals surface area contributed by atoms with Crippen LogP contribution in [0.3, 0.4) is 0 Å². The van der Waals surface area contributed by atoms with Gasteiger partial charge in [0.05, 0.1) is 0 Å². The van der Waals surface area contributed by atoms with Crippen molar-refractivity contribution in [1.82, 2.24) is 4.67 Å². The van der Waals surface area contributed by atoms with E-state index in [4.69, 9.17) is 0 Å². The van der Waals surface area contributed by atoms with E-state index in [0.29, 0.717) is 10.6 Å². The number of hydrogen-bond acceptors (Lipinski definition) is 1. The van der Waals surface area contributed by atoms with Crippen LogP contribution in [-0.2, 0) is 0 Å². The Balaban J connectivity index is 2.47. The molecule has 13 heavy (non-hydrogen) atoms.